The van der Waals surface area contributed by atoms with Crippen LogP contribution in [0.25, 0.3) is 0 Å². The molecule has 0 radical (unpaired) electrons. The lowest BCUT2D eigenvalue weighted by Crippen LogP contribution is -2.22. The van der Waals surface area contributed by atoms with E-state index in [0.29, 0.717) is 12.0 Å². The van der Waals surface area contributed by atoms with E-state index in [9.17, 15) is 0 Å². The fraction of sp³-hybridized carbons (Fsp3) is 0.471. The molecule has 2 nitrogen and oxygen atoms in total. The summed E-state index contributed by atoms with van der Waals surface area (Å²) in [5.41, 5.74) is 2.55. The maximum Gasteiger partial charge on any atom is 0.0975 e. The van der Waals surface area contributed by atoms with Crippen LogP contribution in [0.2, 0.25) is 0 Å². The lowest BCUT2D eigenvalue weighted by molar-refractivity contribution is 0.588. The molecule has 114 valence electrons. The molecule has 21 heavy (non-hydrogen) atoms. The van der Waals surface area contributed by atoms with E-state index in [1.807, 2.05) is 11.3 Å². The first kappa shape index (κ1) is 16.7. The standard InChI is InChI=1S/C17H23BrN2S/c1-11(2)17-15(10-19-12(3)4)21-16(20-17)9-13-6-5-7-14(18)8-13/h5-8,11-12,19H,9-10H2,1-4H3. The number of nitrogens with zero attached hydrogens (tertiary/aromatic N) is 1. The second kappa shape index (κ2) is 7.52. The minimum absolute atomic E-state index is 0.474. The molecule has 0 atom stereocenters. The van der Waals surface area contributed by atoms with E-state index in [1.165, 1.54) is 21.1 Å². The molecule has 0 fully saturated rings. The molecule has 2 rings (SSSR count). The summed E-state index contributed by atoms with van der Waals surface area (Å²) in [7, 11) is 0. The highest BCUT2D eigenvalue weighted by Crippen LogP contribution is 2.27. The molecule has 0 amide bonds. The molecule has 1 aromatic heterocycles. The van der Waals surface area contributed by atoms with Crippen molar-refractivity contribution in [2.75, 3.05) is 0 Å². The molecule has 0 spiro atoms. The average molecular weight is 367 g/mol. The van der Waals surface area contributed by atoms with E-state index < -0.39 is 0 Å². The van der Waals surface area contributed by atoms with Crippen LogP contribution in [0.5, 0.6) is 0 Å². The Balaban J connectivity index is 2.18. The third kappa shape index (κ3) is 4.90. The number of hydrogen-bond acceptors (Lipinski definition) is 3. The van der Waals surface area contributed by atoms with Crippen LogP contribution >= 0.6 is 27.3 Å². The summed E-state index contributed by atoms with van der Waals surface area (Å²) >= 11 is 5.37. The zero-order chi connectivity index (χ0) is 15.4. The molecule has 0 saturated heterocycles. The van der Waals surface area contributed by atoms with E-state index in [1.54, 1.807) is 0 Å². The molecule has 0 unspecified atom stereocenters. The van der Waals surface area contributed by atoms with E-state index >= 15 is 0 Å². The van der Waals surface area contributed by atoms with E-state index in [4.69, 9.17) is 4.98 Å². The number of hydrogen-bond donors (Lipinski definition) is 1. The average Bonchev–Trinajstić information content (AvgIpc) is 2.79. The van der Waals surface area contributed by atoms with Gasteiger partial charge in [0, 0.05) is 28.4 Å². The van der Waals surface area contributed by atoms with Crippen LogP contribution in [0.1, 0.15) is 54.8 Å². The van der Waals surface area contributed by atoms with Crippen molar-refractivity contribution in [1.29, 1.82) is 0 Å². The molecule has 0 saturated carbocycles. The lowest BCUT2D eigenvalue weighted by atomic mass is 10.1. The first-order chi connectivity index (χ1) is 9.95. The van der Waals surface area contributed by atoms with Gasteiger partial charge in [-0.2, -0.15) is 0 Å². The van der Waals surface area contributed by atoms with Gasteiger partial charge in [-0.1, -0.05) is 55.8 Å². The number of nitrogens with one attached hydrogen (secondary N) is 1. The first-order valence-electron chi connectivity index (χ1n) is 7.42. The van der Waals surface area contributed by atoms with E-state index in [2.05, 4.69) is 73.2 Å². The van der Waals surface area contributed by atoms with E-state index in [-0.39, 0.29) is 0 Å². The minimum Gasteiger partial charge on any atom is -0.310 e. The molecule has 4 heteroatoms. The monoisotopic (exact) mass is 366 g/mol. The molecule has 1 heterocycles. The number of aromatic nitrogens is 1. The lowest BCUT2D eigenvalue weighted by Gasteiger charge is -2.09. The second-order valence-corrected chi connectivity index (χ2v) is 8.00. The van der Waals surface area contributed by atoms with Crippen LogP contribution in [0, 0.1) is 0 Å². The summed E-state index contributed by atoms with van der Waals surface area (Å²) < 4.78 is 1.13. The van der Waals surface area contributed by atoms with Crippen molar-refractivity contribution in [3.05, 3.63) is 49.9 Å². The van der Waals surface area contributed by atoms with Gasteiger partial charge >= 0.3 is 0 Å². The number of thiazole rings is 1. The Bertz CT molecular complexity index is 590. The molecule has 0 aliphatic rings. The topological polar surface area (TPSA) is 24.9 Å². The Kier molecular flexibility index (Phi) is 5.97. The van der Waals surface area contributed by atoms with Gasteiger partial charge in [-0.25, -0.2) is 4.98 Å². The van der Waals surface area contributed by atoms with Crippen molar-refractivity contribution in [2.45, 2.75) is 52.6 Å². The Morgan fingerprint density at radius 3 is 2.62 bits per heavy atom. The molecule has 2 aromatic rings. The highest BCUT2D eigenvalue weighted by atomic mass is 79.9. The van der Waals surface area contributed by atoms with Gasteiger partial charge < -0.3 is 5.32 Å². The fourth-order valence-electron chi connectivity index (χ4n) is 2.19. The smallest absolute Gasteiger partial charge is 0.0975 e. The molecule has 0 aliphatic carbocycles. The summed E-state index contributed by atoms with van der Waals surface area (Å²) in [4.78, 5) is 6.25. The highest BCUT2D eigenvalue weighted by molar-refractivity contribution is 9.10. The Labute approximate surface area is 140 Å². The van der Waals surface area contributed by atoms with Gasteiger partial charge in [-0.05, 0) is 23.6 Å². The molecule has 1 aromatic carbocycles. The normalized spacial score (nSPS) is 11.6. The van der Waals surface area contributed by atoms with Crippen LogP contribution in [0.3, 0.4) is 0 Å². The third-order valence-corrected chi connectivity index (χ3v) is 4.80. The minimum atomic E-state index is 0.474. The van der Waals surface area contributed by atoms with Gasteiger partial charge in [-0.3, -0.25) is 0 Å². The summed E-state index contributed by atoms with van der Waals surface area (Å²) in [5, 5.41) is 4.71. The van der Waals surface area contributed by atoms with Crippen LogP contribution < -0.4 is 5.32 Å². The molecular weight excluding hydrogens is 344 g/mol. The van der Waals surface area contributed by atoms with Gasteiger partial charge in [0.15, 0.2) is 0 Å². The summed E-state index contributed by atoms with van der Waals surface area (Å²) in [6.45, 7) is 9.71. The maximum absolute atomic E-state index is 4.88. The molecule has 0 bridgehead atoms. The Morgan fingerprint density at radius 1 is 1.24 bits per heavy atom. The van der Waals surface area contributed by atoms with Crippen molar-refractivity contribution in [3.8, 4) is 0 Å². The zero-order valence-corrected chi connectivity index (χ0v) is 15.5. The molecule has 0 aliphatic heterocycles. The van der Waals surface area contributed by atoms with Gasteiger partial charge in [-0.15, -0.1) is 11.3 Å². The summed E-state index contributed by atoms with van der Waals surface area (Å²) in [6.07, 6.45) is 0.908. The number of halogens is 1. The number of benzene rings is 1. The first-order valence-corrected chi connectivity index (χ1v) is 9.03. The van der Waals surface area contributed by atoms with Crippen molar-refractivity contribution in [1.82, 2.24) is 10.3 Å². The zero-order valence-electron chi connectivity index (χ0n) is 13.1. The quantitative estimate of drug-likeness (QED) is 0.767. The Hall–Kier alpha value is -0.710. The van der Waals surface area contributed by atoms with Gasteiger partial charge in [0.25, 0.3) is 0 Å². The maximum atomic E-state index is 4.88. The van der Waals surface area contributed by atoms with Crippen LogP contribution in [-0.2, 0) is 13.0 Å². The van der Waals surface area contributed by atoms with Crippen LogP contribution in [0.15, 0.2) is 28.7 Å². The van der Waals surface area contributed by atoms with Crippen LogP contribution in [-0.4, -0.2) is 11.0 Å². The van der Waals surface area contributed by atoms with Crippen molar-refractivity contribution < 1.29 is 0 Å². The van der Waals surface area contributed by atoms with Gasteiger partial charge in [0.1, 0.15) is 0 Å². The fourth-order valence-corrected chi connectivity index (χ4v) is 3.84. The molecule has 1 N–H and O–H groups in total. The molecular formula is C17H23BrN2S. The summed E-state index contributed by atoms with van der Waals surface area (Å²) in [6, 6.07) is 8.97. The van der Waals surface area contributed by atoms with Crippen molar-refractivity contribution in [3.63, 3.8) is 0 Å². The highest BCUT2D eigenvalue weighted by Gasteiger charge is 2.14. The largest absolute Gasteiger partial charge is 0.310 e. The number of rotatable bonds is 6. The van der Waals surface area contributed by atoms with Crippen molar-refractivity contribution >= 4 is 27.3 Å². The predicted molar refractivity (Wildman–Crippen MR) is 95.1 cm³/mol. The SMILES string of the molecule is CC(C)NCc1sc(Cc2cccc(Br)c2)nc1C(C)C. The van der Waals surface area contributed by atoms with Crippen molar-refractivity contribution in [2.24, 2.45) is 0 Å². The van der Waals surface area contributed by atoms with E-state index in [0.717, 1.165) is 17.4 Å². The second-order valence-electron chi connectivity index (χ2n) is 5.91. The van der Waals surface area contributed by atoms with Gasteiger partial charge in [0.05, 0.1) is 10.7 Å². The Morgan fingerprint density at radius 2 is 2.00 bits per heavy atom. The van der Waals surface area contributed by atoms with Gasteiger partial charge in [0.2, 0.25) is 0 Å². The van der Waals surface area contributed by atoms with Crippen LogP contribution in [0.4, 0.5) is 0 Å². The predicted octanol–water partition coefficient (Wildman–Crippen LogP) is 5.12. The third-order valence-electron chi connectivity index (χ3n) is 3.23. The summed E-state index contributed by atoms with van der Waals surface area (Å²) in [5.74, 6) is 0.474.